The van der Waals surface area contributed by atoms with E-state index < -0.39 is 83.7 Å². The number of carbonyl (C=O) groups is 6. The Hall–Kier alpha value is -6.49. The second-order valence-electron chi connectivity index (χ2n) is 17.0. The number of amides is 6. The zero-order valence-corrected chi connectivity index (χ0v) is 39.0. The summed E-state index contributed by atoms with van der Waals surface area (Å²) in [4.78, 5) is 93.2. The molecule has 0 aliphatic carbocycles. The molecule has 1 fully saturated rings. The van der Waals surface area contributed by atoms with Crippen LogP contribution in [-0.2, 0) is 41.6 Å². The minimum absolute atomic E-state index is 0.0231. The molecule has 5 aromatic rings. The molecule has 1 saturated heterocycles. The number of aliphatic hydroxyl groups excluding tert-OH is 1. The number of nitrogens with one attached hydrogen (secondary N) is 6. The van der Waals surface area contributed by atoms with E-state index >= 15 is 9.59 Å². The summed E-state index contributed by atoms with van der Waals surface area (Å²) < 4.78 is 0. The first kappa shape index (κ1) is 49.9. The first-order valence-corrected chi connectivity index (χ1v) is 24.1. The average Bonchev–Trinajstić information content (AvgIpc) is 3.75. The van der Waals surface area contributed by atoms with Crippen molar-refractivity contribution in [1.82, 2.24) is 36.5 Å². The van der Waals surface area contributed by atoms with Crippen LogP contribution in [0.2, 0.25) is 0 Å². The zero-order chi connectivity index (χ0) is 47.9. The highest BCUT2D eigenvalue weighted by atomic mass is 32.2. The van der Waals surface area contributed by atoms with E-state index in [-0.39, 0.29) is 25.7 Å². The summed E-state index contributed by atoms with van der Waals surface area (Å²) in [5.41, 5.74) is 9.46. The van der Waals surface area contributed by atoms with Crippen molar-refractivity contribution in [3.05, 3.63) is 144 Å². The molecular formula is C51H62N8O7S. The molecule has 1 aromatic heterocycles. The number of para-hydroxylation sites is 1. The summed E-state index contributed by atoms with van der Waals surface area (Å²) in [5.74, 6) is -4.57. The number of nitrogens with two attached hydrogens (primary N) is 1. The molecule has 354 valence electrons. The molecule has 0 unspecified atom stereocenters. The van der Waals surface area contributed by atoms with Gasteiger partial charge < -0.3 is 47.3 Å². The highest BCUT2D eigenvalue weighted by Gasteiger charge is 2.40. The standard InChI is InChI=1S/C51H62N8O7S/c1-32(60)44-49(64)55-40(26-28-67-3)51(66)59(2)42(29-33-17-7-4-8-18-33)48(63)58-45(43(34-19-9-5-10-20-34)35-21-11-6-12-22-35)50(65)56-41(30-36-31-53-38-24-14-13-23-37(36)38)47(62)54-39(46(61)57-44)25-15-16-27-52/h4-14,17-24,31-32,39-45,53,60H,15-16,25-30,52H2,1-3H3,(H,54,62)(H,55,64)(H,56,65)(H,57,61)(H,58,63)/t32-,39+,40+,41-,42+,44+,45+/m1/s1. The Balaban J connectivity index is 1.52. The van der Waals surface area contributed by atoms with Gasteiger partial charge in [-0.3, -0.25) is 28.8 Å². The SMILES string of the molecule is CSCC[C@@H]1NC(=O)[C@H]([C@@H](C)O)NC(=O)[C@H](CCCCN)NC(=O)[C@@H](Cc2c[nH]c3ccccc23)NC(=O)[C@H](C(c2ccccc2)c2ccccc2)NC(=O)[C@H](Cc2ccccc2)N(C)C1=O. The van der Waals surface area contributed by atoms with Gasteiger partial charge in [0.25, 0.3) is 0 Å². The predicted molar refractivity (Wildman–Crippen MR) is 261 cm³/mol. The van der Waals surface area contributed by atoms with Crippen LogP contribution in [0.5, 0.6) is 0 Å². The van der Waals surface area contributed by atoms with Crippen LogP contribution in [-0.4, -0.2) is 118 Å². The summed E-state index contributed by atoms with van der Waals surface area (Å²) in [6, 6.07) is 27.3. The monoisotopic (exact) mass is 930 g/mol. The highest BCUT2D eigenvalue weighted by Crippen LogP contribution is 2.30. The number of aromatic amines is 1. The Labute approximate surface area is 395 Å². The number of hydrogen-bond donors (Lipinski definition) is 8. The first-order chi connectivity index (χ1) is 32.4. The van der Waals surface area contributed by atoms with E-state index in [0.29, 0.717) is 41.8 Å². The Morgan fingerprint density at radius 1 is 0.627 bits per heavy atom. The van der Waals surface area contributed by atoms with E-state index in [1.54, 1.807) is 6.20 Å². The maximum Gasteiger partial charge on any atom is 0.245 e. The van der Waals surface area contributed by atoms with Crippen LogP contribution < -0.4 is 32.3 Å². The van der Waals surface area contributed by atoms with E-state index in [1.807, 2.05) is 122 Å². The lowest BCUT2D eigenvalue weighted by atomic mass is 9.84. The van der Waals surface area contributed by atoms with Gasteiger partial charge in [-0.1, -0.05) is 109 Å². The number of fused-ring (bicyclic) bond motifs is 1. The topological polar surface area (TPSA) is 228 Å². The molecule has 16 heteroatoms. The zero-order valence-electron chi connectivity index (χ0n) is 38.2. The molecule has 7 atom stereocenters. The first-order valence-electron chi connectivity index (χ1n) is 22.7. The summed E-state index contributed by atoms with van der Waals surface area (Å²) >= 11 is 1.45. The largest absolute Gasteiger partial charge is 0.391 e. The third-order valence-corrected chi connectivity index (χ3v) is 12.9. The average molecular weight is 931 g/mol. The molecule has 9 N–H and O–H groups in total. The second kappa shape index (κ2) is 24.3. The number of aromatic nitrogens is 1. The molecule has 1 aliphatic heterocycles. The molecule has 1 aliphatic rings. The van der Waals surface area contributed by atoms with Crippen LogP contribution >= 0.6 is 11.8 Å². The van der Waals surface area contributed by atoms with Crippen molar-refractivity contribution >= 4 is 58.1 Å². The summed E-state index contributed by atoms with van der Waals surface area (Å²) in [6.45, 7) is 1.66. The van der Waals surface area contributed by atoms with Crippen molar-refractivity contribution in [3.63, 3.8) is 0 Å². The van der Waals surface area contributed by atoms with Gasteiger partial charge in [-0.15, -0.1) is 0 Å². The van der Waals surface area contributed by atoms with Crippen molar-refractivity contribution < 1.29 is 33.9 Å². The van der Waals surface area contributed by atoms with Crippen molar-refractivity contribution in [1.29, 1.82) is 0 Å². The lowest BCUT2D eigenvalue weighted by Crippen LogP contribution is -2.63. The Morgan fingerprint density at radius 2 is 1.18 bits per heavy atom. The maximum atomic E-state index is 15.4. The van der Waals surface area contributed by atoms with Crippen LogP contribution in [0.3, 0.4) is 0 Å². The van der Waals surface area contributed by atoms with Gasteiger partial charge in [0.1, 0.15) is 36.3 Å². The van der Waals surface area contributed by atoms with Crippen molar-refractivity contribution in [2.24, 2.45) is 5.73 Å². The third kappa shape index (κ3) is 13.1. The lowest BCUT2D eigenvalue weighted by molar-refractivity contribution is -0.143. The molecule has 6 amide bonds. The van der Waals surface area contributed by atoms with Gasteiger partial charge in [0.15, 0.2) is 0 Å². The van der Waals surface area contributed by atoms with E-state index in [2.05, 4.69) is 31.6 Å². The van der Waals surface area contributed by atoms with Crippen LogP contribution in [0, 0.1) is 0 Å². The Morgan fingerprint density at radius 3 is 1.81 bits per heavy atom. The fourth-order valence-electron chi connectivity index (χ4n) is 8.53. The fraction of sp³-hybridized carbons (Fsp3) is 0.373. The Bertz CT molecular complexity index is 2400. The van der Waals surface area contributed by atoms with E-state index in [1.165, 1.54) is 30.6 Å². The minimum atomic E-state index is -1.53. The molecule has 67 heavy (non-hydrogen) atoms. The van der Waals surface area contributed by atoms with E-state index in [4.69, 9.17) is 5.73 Å². The van der Waals surface area contributed by atoms with Gasteiger partial charge in [0.2, 0.25) is 35.4 Å². The van der Waals surface area contributed by atoms with Crippen LogP contribution in [0.4, 0.5) is 0 Å². The third-order valence-electron chi connectivity index (χ3n) is 12.2. The fourth-order valence-corrected chi connectivity index (χ4v) is 9.00. The van der Waals surface area contributed by atoms with Crippen molar-refractivity contribution in [2.45, 2.75) is 93.7 Å². The van der Waals surface area contributed by atoms with E-state index in [0.717, 1.165) is 16.5 Å². The molecule has 6 rings (SSSR count). The number of rotatable bonds is 15. The molecule has 4 aromatic carbocycles. The van der Waals surface area contributed by atoms with Gasteiger partial charge in [-0.2, -0.15) is 11.8 Å². The summed E-state index contributed by atoms with van der Waals surface area (Å²) in [6.07, 6.45) is 3.42. The van der Waals surface area contributed by atoms with Crippen LogP contribution in [0.15, 0.2) is 121 Å². The van der Waals surface area contributed by atoms with Crippen molar-refractivity contribution in [3.8, 4) is 0 Å². The summed E-state index contributed by atoms with van der Waals surface area (Å²) in [7, 11) is 1.48. The van der Waals surface area contributed by atoms with Gasteiger partial charge in [-0.25, -0.2) is 0 Å². The molecular weight excluding hydrogens is 869 g/mol. The lowest BCUT2D eigenvalue weighted by Gasteiger charge is -2.35. The Kier molecular flexibility index (Phi) is 18.1. The minimum Gasteiger partial charge on any atom is -0.391 e. The quantitative estimate of drug-likeness (QED) is 0.0720. The number of nitrogens with zero attached hydrogens (tertiary/aromatic N) is 1. The van der Waals surface area contributed by atoms with Crippen molar-refractivity contribution in [2.75, 3.05) is 25.6 Å². The number of carbonyl (C=O) groups excluding carboxylic acids is 6. The molecule has 0 saturated carbocycles. The smallest absolute Gasteiger partial charge is 0.245 e. The number of thioether (sulfide) groups is 1. The van der Waals surface area contributed by atoms with Crippen LogP contribution in [0.1, 0.15) is 60.8 Å². The van der Waals surface area contributed by atoms with Crippen LogP contribution in [0.25, 0.3) is 10.9 Å². The van der Waals surface area contributed by atoms with Gasteiger partial charge in [0.05, 0.1) is 6.10 Å². The molecule has 0 spiro atoms. The normalized spacial score (nSPS) is 22.0. The molecule has 15 nitrogen and oxygen atoms in total. The van der Waals surface area contributed by atoms with Gasteiger partial charge in [-0.05, 0) is 79.5 Å². The number of unbranched alkanes of at least 4 members (excludes halogenated alkanes) is 1. The number of benzene rings is 4. The number of aliphatic hydroxyl groups is 1. The highest BCUT2D eigenvalue weighted by molar-refractivity contribution is 7.98. The predicted octanol–water partition coefficient (Wildman–Crippen LogP) is 3.31. The molecule has 0 radical (unpaired) electrons. The summed E-state index contributed by atoms with van der Waals surface area (Å²) in [5, 5.41) is 26.1. The van der Waals surface area contributed by atoms with Gasteiger partial charge in [0, 0.05) is 42.9 Å². The van der Waals surface area contributed by atoms with E-state index in [9.17, 15) is 24.3 Å². The molecule has 0 bridgehead atoms. The second-order valence-corrected chi connectivity index (χ2v) is 18.0. The van der Waals surface area contributed by atoms with Gasteiger partial charge >= 0.3 is 0 Å². The maximum absolute atomic E-state index is 15.4. The molecule has 2 heterocycles. The number of hydrogen-bond acceptors (Lipinski definition) is 9. The number of H-pyrrole nitrogens is 1. The number of likely N-dealkylation sites (N-methyl/N-ethyl adjacent to an activating group) is 1.